The maximum Gasteiger partial charge on any atom is 0.336 e. The number of hydrogen-bond donors (Lipinski definition) is 1. The molecule has 7 heavy (non-hydrogen) atoms. The van der Waals surface area contributed by atoms with Crippen molar-refractivity contribution >= 4 is 0 Å². The van der Waals surface area contributed by atoms with Crippen LogP contribution in [0.4, 0.5) is 0 Å². The van der Waals surface area contributed by atoms with E-state index in [1.807, 2.05) is 0 Å². The van der Waals surface area contributed by atoms with E-state index in [2.05, 4.69) is 24.6 Å². The first-order chi connectivity index (χ1) is 3.47. The van der Waals surface area contributed by atoms with Crippen LogP contribution in [-0.2, 0) is 0 Å². The first kappa shape index (κ1) is 2.84. The zero-order valence-electron chi connectivity index (χ0n) is 3.21. The second-order valence-electron chi connectivity index (χ2n) is 1.13. The predicted octanol–water partition coefficient (Wildman–Crippen LogP) is 0.0955. The van der Waals surface area contributed by atoms with Crippen LogP contribution in [0.2, 0.25) is 0 Å². The van der Waals surface area contributed by atoms with Gasteiger partial charge in [-0.25, -0.2) is 9.68 Å². The molecule has 2 heterocycles. The first-order valence-corrected chi connectivity index (χ1v) is 1.72. The van der Waals surface area contributed by atoms with Crippen LogP contribution in [0.5, 0.6) is 0 Å². The molecule has 2 aliphatic heterocycles. The molecular formula is C2HN3O2. The average Bonchev–Trinajstić information content (AvgIpc) is 1.85. The number of nitrogens with zero attached hydrogens (tertiary/aromatic N) is 2. The van der Waals surface area contributed by atoms with Crippen molar-refractivity contribution in [2.75, 3.05) is 0 Å². The Bertz CT molecular complexity index is 196. The van der Waals surface area contributed by atoms with E-state index in [1.165, 1.54) is 0 Å². The van der Waals surface area contributed by atoms with Crippen LogP contribution in [-0.4, -0.2) is 15.4 Å². The number of nitrogens with one attached hydrogen (secondary N) is 1. The monoisotopic (exact) mass is 99.0 g/mol. The Morgan fingerprint density at radius 1 is 1.57 bits per heavy atom. The molecule has 2 rings (SSSR count). The Balaban J connectivity index is 2.89. The van der Waals surface area contributed by atoms with Crippen LogP contribution in [0.25, 0.3) is 11.7 Å². The van der Waals surface area contributed by atoms with Gasteiger partial charge in [-0.1, -0.05) is 0 Å². The van der Waals surface area contributed by atoms with Gasteiger partial charge in [-0.05, 0) is 5.16 Å². The fourth-order valence-corrected chi connectivity index (χ4v) is 0.360. The lowest BCUT2D eigenvalue weighted by atomic mass is 10.6. The number of rotatable bonds is 0. The van der Waals surface area contributed by atoms with E-state index in [0.717, 1.165) is 0 Å². The normalized spacial score (nSPS) is 10.9. The van der Waals surface area contributed by atoms with E-state index < -0.39 is 0 Å². The van der Waals surface area contributed by atoms with Gasteiger partial charge >= 0.3 is 5.89 Å². The standard InChI is InChI=1S/C2HN3O2/c3-1-2(4-3)6-7-5-1/h(H,3,5). The fraction of sp³-hybridized carbons (Fsp3) is 0. The minimum Gasteiger partial charge on any atom is -0.250 e. The van der Waals surface area contributed by atoms with Gasteiger partial charge in [-0.2, -0.15) is 4.68 Å². The van der Waals surface area contributed by atoms with Crippen molar-refractivity contribution in [2.24, 2.45) is 0 Å². The second kappa shape index (κ2) is 0.699. The van der Waals surface area contributed by atoms with Crippen LogP contribution in [0.3, 0.4) is 0 Å². The van der Waals surface area contributed by atoms with E-state index in [1.54, 1.807) is 0 Å². The molecule has 1 N–H and O–H groups in total. The van der Waals surface area contributed by atoms with Gasteiger partial charge in [0.15, 0.2) is 0 Å². The van der Waals surface area contributed by atoms with E-state index in [0.29, 0.717) is 11.7 Å². The quantitative estimate of drug-likeness (QED) is 0.475. The van der Waals surface area contributed by atoms with Crippen molar-refractivity contribution in [1.29, 1.82) is 0 Å². The molecule has 0 saturated heterocycles. The molecule has 0 saturated carbocycles. The molecule has 2 aliphatic rings. The summed E-state index contributed by atoms with van der Waals surface area (Å²) in [5.74, 6) is 1.00. The van der Waals surface area contributed by atoms with E-state index >= 15 is 0 Å². The fourth-order valence-electron chi connectivity index (χ4n) is 0.360. The Hall–Kier alpha value is -1.26. The molecule has 0 unspecified atom stereocenters. The molecule has 0 aliphatic carbocycles. The molecule has 0 fully saturated rings. The third kappa shape index (κ3) is 0.188. The van der Waals surface area contributed by atoms with E-state index in [9.17, 15) is 0 Å². The summed E-state index contributed by atoms with van der Waals surface area (Å²) < 4.78 is 8.46. The maximum atomic E-state index is 4.34. The molecule has 0 radical (unpaired) electrons. The number of aromatic amines is 1. The SMILES string of the molecule is n1ooc2n[nH]c1-2. The van der Waals surface area contributed by atoms with Gasteiger partial charge in [0.1, 0.15) is 0 Å². The lowest BCUT2D eigenvalue weighted by molar-refractivity contribution is 0.0146. The van der Waals surface area contributed by atoms with Crippen molar-refractivity contribution in [3.05, 3.63) is 0 Å². The summed E-state index contributed by atoms with van der Waals surface area (Å²) >= 11 is 0. The summed E-state index contributed by atoms with van der Waals surface area (Å²) in [6.07, 6.45) is 0. The summed E-state index contributed by atoms with van der Waals surface area (Å²) in [6, 6.07) is 0. The average molecular weight is 99.0 g/mol. The molecule has 5 nitrogen and oxygen atoms in total. The van der Waals surface area contributed by atoms with Crippen molar-refractivity contribution in [1.82, 2.24) is 15.4 Å². The molecule has 0 aromatic carbocycles. The maximum absolute atomic E-state index is 4.34. The van der Waals surface area contributed by atoms with Crippen LogP contribution in [0.1, 0.15) is 0 Å². The summed E-state index contributed by atoms with van der Waals surface area (Å²) in [6.45, 7) is 0. The smallest absolute Gasteiger partial charge is 0.250 e. The highest BCUT2D eigenvalue weighted by atomic mass is 17.0. The van der Waals surface area contributed by atoms with Crippen molar-refractivity contribution < 1.29 is 9.26 Å². The topological polar surface area (TPSA) is 67.8 Å². The Kier molecular flexibility index (Phi) is 0.283. The molecule has 0 amide bonds. The van der Waals surface area contributed by atoms with Gasteiger partial charge in [0.05, 0.1) is 0 Å². The zero-order valence-corrected chi connectivity index (χ0v) is 3.21. The predicted molar refractivity (Wildman–Crippen MR) is 17.5 cm³/mol. The summed E-state index contributed by atoms with van der Waals surface area (Å²) in [5.41, 5.74) is 0. The molecule has 5 heteroatoms. The molecule has 0 aromatic heterocycles. The number of hydrogen-bond acceptors (Lipinski definition) is 4. The van der Waals surface area contributed by atoms with Crippen molar-refractivity contribution in [3.8, 4) is 11.7 Å². The summed E-state index contributed by atoms with van der Waals surface area (Å²) in [5, 5.41) is 9.37. The lowest BCUT2D eigenvalue weighted by Gasteiger charge is -1.86. The molecule has 0 bridgehead atoms. The Labute approximate surface area is 37.5 Å². The minimum absolute atomic E-state index is 0.431. The number of fused-ring (bicyclic) bond motifs is 1. The van der Waals surface area contributed by atoms with Gasteiger partial charge in [-0.3, -0.25) is 0 Å². The first-order valence-electron chi connectivity index (χ1n) is 1.72. The van der Waals surface area contributed by atoms with Crippen LogP contribution in [0, 0.1) is 0 Å². The zero-order chi connectivity index (χ0) is 4.69. The van der Waals surface area contributed by atoms with Gasteiger partial charge < -0.3 is 0 Å². The Morgan fingerprint density at radius 2 is 2.57 bits per heavy atom. The van der Waals surface area contributed by atoms with E-state index in [-0.39, 0.29) is 0 Å². The molecular weight excluding hydrogens is 98.0 g/mol. The third-order valence-corrected chi connectivity index (χ3v) is 0.711. The summed E-state index contributed by atoms with van der Waals surface area (Å²) in [4.78, 5) is 0. The van der Waals surface area contributed by atoms with Gasteiger partial charge in [0, 0.05) is 0 Å². The van der Waals surface area contributed by atoms with Gasteiger partial charge in [0.2, 0.25) is 0 Å². The van der Waals surface area contributed by atoms with E-state index in [4.69, 9.17) is 0 Å². The largest absolute Gasteiger partial charge is 0.336 e. The highest BCUT2D eigenvalue weighted by Gasteiger charge is 2.14. The van der Waals surface area contributed by atoms with Gasteiger partial charge in [0.25, 0.3) is 5.82 Å². The molecule has 0 spiro atoms. The van der Waals surface area contributed by atoms with Crippen molar-refractivity contribution in [2.45, 2.75) is 0 Å². The third-order valence-electron chi connectivity index (χ3n) is 0.711. The van der Waals surface area contributed by atoms with Crippen LogP contribution < -0.4 is 0 Å². The minimum atomic E-state index is 0.431. The number of H-pyrrole nitrogens is 1. The van der Waals surface area contributed by atoms with Crippen molar-refractivity contribution in [3.63, 3.8) is 0 Å². The molecule has 0 aromatic rings. The van der Waals surface area contributed by atoms with Gasteiger partial charge in [-0.15, -0.1) is 5.10 Å². The lowest BCUT2D eigenvalue weighted by Crippen LogP contribution is -1.94. The highest BCUT2D eigenvalue weighted by molar-refractivity contribution is 5.39. The summed E-state index contributed by atoms with van der Waals surface area (Å²) in [7, 11) is 0. The molecule has 0 atom stereocenters. The Morgan fingerprint density at radius 3 is 2.86 bits per heavy atom. The second-order valence-corrected chi connectivity index (χ2v) is 1.13. The highest BCUT2D eigenvalue weighted by Crippen LogP contribution is 2.13. The van der Waals surface area contributed by atoms with Crippen LogP contribution in [0.15, 0.2) is 9.26 Å². The van der Waals surface area contributed by atoms with Crippen LogP contribution >= 0.6 is 0 Å². The number of aromatic nitrogens is 3. The molecule has 36 valence electrons.